The van der Waals surface area contributed by atoms with Crippen LogP contribution in [0.25, 0.3) is 0 Å². The quantitative estimate of drug-likeness (QED) is 0.0167. The predicted molar refractivity (Wildman–Crippen MR) is 289 cm³/mol. The van der Waals surface area contributed by atoms with Gasteiger partial charge in [0.05, 0.1) is 181 Å². The molecule has 0 aliphatic rings. The fourth-order valence-electron chi connectivity index (χ4n) is 7.15. The highest BCUT2D eigenvalue weighted by Crippen LogP contribution is 2.09. The van der Waals surface area contributed by atoms with Crippen LogP contribution in [0.3, 0.4) is 0 Å². The van der Waals surface area contributed by atoms with Crippen molar-refractivity contribution in [2.24, 2.45) is 0 Å². The van der Waals surface area contributed by atoms with Gasteiger partial charge in [-0.25, -0.2) is 0 Å². The second-order valence-corrected chi connectivity index (χ2v) is 20.7. The lowest BCUT2D eigenvalue weighted by atomic mass is 10.2. The number of halogens is 3. The van der Waals surface area contributed by atoms with Crippen LogP contribution in [0, 0.1) is 0 Å². The number of allylic oxidation sites excluding steroid dienone is 2. The molecule has 0 bridgehead atoms. The van der Waals surface area contributed by atoms with Crippen molar-refractivity contribution in [3.63, 3.8) is 0 Å². The smallest absolute Gasteiger partial charge is 0.102 e. The van der Waals surface area contributed by atoms with Crippen LogP contribution in [0.1, 0.15) is 1.43 Å². The Bertz CT molecular complexity index is 1230. The Hall–Kier alpha value is -1.37. The zero-order valence-corrected chi connectivity index (χ0v) is 47.2. The number of nitrogens with zero attached hydrogens (tertiary/aromatic N) is 7. The van der Waals surface area contributed by atoms with E-state index in [9.17, 15) is 30.6 Å². The summed E-state index contributed by atoms with van der Waals surface area (Å²) in [6.07, 6.45) is 25.8. The van der Waals surface area contributed by atoms with E-state index in [0.29, 0.717) is 92.7 Å². The first-order chi connectivity index (χ1) is 32.2. The molecule has 0 saturated carbocycles. The predicted octanol–water partition coefficient (Wildman–Crippen LogP) is -3.63. The molecule has 0 aliphatic carbocycles. The molecular formula is C50H109Cl3N7O10+5. The van der Waals surface area contributed by atoms with Crippen molar-refractivity contribution in [3.05, 3.63) is 72.9 Å². The van der Waals surface area contributed by atoms with Crippen molar-refractivity contribution >= 4 is 23.2 Å². The second kappa shape index (κ2) is 47.4. The van der Waals surface area contributed by atoms with E-state index in [1.165, 1.54) is 0 Å². The maximum Gasteiger partial charge on any atom is 0.102 e. The topological polar surface area (TPSA) is 217 Å². The van der Waals surface area contributed by atoms with E-state index in [4.69, 9.17) is 38.5 Å². The maximum atomic E-state index is 9.43. The molecule has 0 unspecified atom stereocenters. The molecular weight excluding hydrogens is 965 g/mol. The maximum absolute atomic E-state index is 9.43. The molecule has 0 rings (SSSR count). The molecule has 0 saturated heterocycles. The first kappa shape index (κ1) is 77.5. The van der Waals surface area contributed by atoms with Crippen molar-refractivity contribution < 1.29 is 92.2 Å². The van der Waals surface area contributed by atoms with Crippen molar-refractivity contribution in [2.75, 3.05) is 252 Å². The molecule has 0 atom stereocenters. The van der Waals surface area contributed by atoms with E-state index < -0.39 is 0 Å². The fraction of sp³-hybridized carbons (Fsp3) is 0.760. The molecule has 0 fully saturated rings. The molecule has 0 aromatic carbocycles. The van der Waals surface area contributed by atoms with Crippen molar-refractivity contribution in [1.29, 1.82) is 0 Å². The highest BCUT2D eigenvalue weighted by Gasteiger charge is 2.26. The van der Waals surface area contributed by atoms with Crippen LogP contribution in [0.5, 0.6) is 0 Å². The highest BCUT2D eigenvalue weighted by molar-refractivity contribution is 6.19. The van der Waals surface area contributed by atoms with Gasteiger partial charge in [0.1, 0.15) is 39.3 Å². The number of hydrogen-bond acceptors (Lipinski definition) is 10. The minimum atomic E-state index is 0. The van der Waals surface area contributed by atoms with Gasteiger partial charge in [0.15, 0.2) is 0 Å². The van der Waals surface area contributed by atoms with Gasteiger partial charge in [0.25, 0.3) is 0 Å². The first-order valence-electron chi connectivity index (χ1n) is 24.4. The summed E-state index contributed by atoms with van der Waals surface area (Å²) in [5, 5.41) is 82.0. The number of aliphatic hydroxyl groups is 9. The second-order valence-electron chi connectivity index (χ2n) is 20.1. The first-order valence-corrected chi connectivity index (χ1v) is 25.4. The lowest BCUT2D eigenvalue weighted by molar-refractivity contribution is -0.923. The summed E-state index contributed by atoms with van der Waals surface area (Å²) < 4.78 is 4.48. The van der Waals surface area contributed by atoms with Crippen LogP contribution < -0.4 is 12.4 Å². The normalized spacial score (nSPS) is 13.2. The Morgan fingerprint density at radius 3 is 0.643 bits per heavy atom. The number of likely N-dealkylation sites (N-methyl/N-ethyl adjacent to an activating group) is 4. The van der Waals surface area contributed by atoms with E-state index in [2.05, 4.69) is 117 Å². The van der Waals surface area contributed by atoms with E-state index >= 15 is 0 Å². The molecule has 0 aromatic rings. The molecule has 0 aromatic heterocycles. The molecule has 0 aliphatic heterocycles. The van der Waals surface area contributed by atoms with Gasteiger partial charge in [-0.1, -0.05) is 12.2 Å². The van der Waals surface area contributed by atoms with E-state index in [1.54, 1.807) is 4.90 Å². The van der Waals surface area contributed by atoms with Gasteiger partial charge in [-0.2, -0.15) is 0 Å². The average molecular weight is 1080 g/mol. The van der Waals surface area contributed by atoms with Gasteiger partial charge >= 0.3 is 0 Å². The Morgan fingerprint density at radius 2 is 0.486 bits per heavy atom. The standard InChI is InChI=1S/C28H60N4O6.C16H30Cl2N2.C6H15NO3.ClH.H2O.H2/c1-29(2,13-7-9-15-31(17-23-33,18-24-34)19-25-35)11-5-6-12-30(3,4)14-8-10-16-32(20-26-36,21-27-37)22-28-38;1-19(2,13-7-5-11-17)15-9-10-16-20(3,4)14-8-6-12-18;8-4-1-7(2-5-9)3-6-10;;;/h5-10,33-38H,11-28H2,1-4H3;5-10H,11-16H2,1-4H3;8-10H,1-6H2;1H;1H2;1H/q+4;+2;;;;/p-1/b6-5+,9-7+,10-8+;7-5+,8-6+,10-9+;;;;/i;;;;;1+1. The molecule has 17 nitrogen and oxygen atoms in total. The van der Waals surface area contributed by atoms with Crippen LogP contribution in [-0.4, -0.2) is 335 Å². The summed E-state index contributed by atoms with van der Waals surface area (Å²) in [5.41, 5.74) is 0. The largest absolute Gasteiger partial charge is 1.00 e. The summed E-state index contributed by atoms with van der Waals surface area (Å²) in [6.45, 7) is 14.0. The zero-order valence-electron chi connectivity index (χ0n) is 44.9. The van der Waals surface area contributed by atoms with Crippen LogP contribution in [0.15, 0.2) is 72.9 Å². The van der Waals surface area contributed by atoms with Gasteiger partial charge in [0, 0.05) is 32.8 Å². The highest BCUT2D eigenvalue weighted by atomic mass is 35.5. The number of aliphatic hydroxyl groups excluding tert-OH is 9. The van der Waals surface area contributed by atoms with Crippen LogP contribution in [-0.2, 0) is 0 Å². The Labute approximate surface area is 443 Å². The van der Waals surface area contributed by atoms with Gasteiger partial charge in [0.2, 0.25) is 0 Å². The molecule has 70 heavy (non-hydrogen) atoms. The molecule has 0 amide bonds. The third kappa shape index (κ3) is 45.3. The summed E-state index contributed by atoms with van der Waals surface area (Å²) in [4.78, 5) is 1.79. The summed E-state index contributed by atoms with van der Waals surface area (Å²) in [6, 6.07) is 0. The molecule has 0 radical (unpaired) electrons. The van der Waals surface area contributed by atoms with Crippen molar-refractivity contribution in [1.82, 2.24) is 4.90 Å². The molecule has 20 heteroatoms. The molecule has 0 heterocycles. The monoisotopic (exact) mass is 1070 g/mol. The van der Waals surface area contributed by atoms with Crippen molar-refractivity contribution in [2.45, 2.75) is 0 Å². The third-order valence-electron chi connectivity index (χ3n) is 11.7. The van der Waals surface area contributed by atoms with Gasteiger partial charge in [-0.15, -0.1) is 23.2 Å². The SMILES string of the molecule is C[N+](C)(C/C=C/CCl)C/C=C/C[N+](C)(C)C/C=C/CCl.C[N+](C)(C/C=C/C[N+](C)(C)C/C=C/C[N+](CCO)(CCO)CCO)C/C=C/C[N+](CCO)(CCO)CCO.O.OCCN(CCO)CCO.[2HH].[Cl-]. The number of alkyl halides is 2. The minimum Gasteiger partial charge on any atom is -1.00 e. The van der Waals surface area contributed by atoms with Crippen LogP contribution in [0.4, 0.5) is 0 Å². The van der Waals surface area contributed by atoms with Gasteiger partial charge < -0.3 is 90.7 Å². The van der Waals surface area contributed by atoms with Gasteiger partial charge in [-0.3, -0.25) is 4.90 Å². The Morgan fingerprint density at radius 1 is 0.314 bits per heavy atom. The molecule has 11 N–H and O–H groups in total. The number of quaternary nitrogens is 6. The third-order valence-corrected chi connectivity index (χ3v) is 12.0. The lowest BCUT2D eigenvalue weighted by Gasteiger charge is -2.36. The number of rotatable bonds is 40. The van der Waals surface area contributed by atoms with Gasteiger partial charge in [-0.05, 0) is 60.8 Å². The average Bonchev–Trinajstić information content (AvgIpc) is 3.26. The zero-order chi connectivity index (χ0) is 52.3. The van der Waals surface area contributed by atoms with E-state index in [1.807, 2.05) is 12.2 Å². The van der Waals surface area contributed by atoms with Crippen LogP contribution in [0.2, 0.25) is 0 Å². The Kier molecular flexibility index (Phi) is 52.4. The summed E-state index contributed by atoms with van der Waals surface area (Å²) in [5.74, 6) is 1.19. The van der Waals surface area contributed by atoms with Crippen LogP contribution >= 0.6 is 23.2 Å². The van der Waals surface area contributed by atoms with E-state index in [0.717, 1.165) is 70.3 Å². The summed E-state index contributed by atoms with van der Waals surface area (Å²) in [7, 11) is 17.7. The van der Waals surface area contributed by atoms with Crippen molar-refractivity contribution in [3.8, 4) is 0 Å². The summed E-state index contributed by atoms with van der Waals surface area (Å²) >= 11 is 11.3. The molecule has 420 valence electrons. The Balaban J connectivity index is -0.000000267. The number of hydrogen-bond donors (Lipinski definition) is 9. The molecule has 0 spiro atoms. The van der Waals surface area contributed by atoms with E-state index in [-0.39, 0.29) is 78.8 Å². The lowest BCUT2D eigenvalue weighted by Crippen LogP contribution is -3.00. The fourth-order valence-corrected chi connectivity index (χ4v) is 7.40. The minimum absolute atomic E-state index is 0.